The van der Waals surface area contributed by atoms with E-state index in [0.29, 0.717) is 18.1 Å². The molecule has 3 nitrogen and oxygen atoms in total. The van der Waals surface area contributed by atoms with E-state index in [1.165, 1.54) is 7.11 Å². The van der Waals surface area contributed by atoms with Crippen LogP contribution in [-0.2, 0) is 14.3 Å². The van der Waals surface area contributed by atoms with Crippen LogP contribution in [0.25, 0.3) is 0 Å². The molecule has 0 aromatic heterocycles. The minimum Gasteiger partial charge on any atom is -0.466 e. The summed E-state index contributed by atoms with van der Waals surface area (Å²) in [6.45, 7) is 6.51. The standard InChI is InChI=1S/C11H20O3/c1-8(2)6-9(3)10(7-13-4)11(12)14-5/h8H,6-7H2,1-5H3. The second kappa shape index (κ2) is 6.60. The monoisotopic (exact) mass is 200 g/mol. The maximum atomic E-state index is 11.4. The zero-order valence-electron chi connectivity index (χ0n) is 9.72. The van der Waals surface area contributed by atoms with E-state index in [9.17, 15) is 4.79 Å². The molecule has 0 atom stereocenters. The maximum Gasteiger partial charge on any atom is 0.336 e. The average molecular weight is 200 g/mol. The van der Waals surface area contributed by atoms with Crippen LogP contribution in [0.5, 0.6) is 0 Å². The van der Waals surface area contributed by atoms with Crippen LogP contribution in [0.15, 0.2) is 11.1 Å². The van der Waals surface area contributed by atoms with Gasteiger partial charge >= 0.3 is 5.97 Å². The summed E-state index contributed by atoms with van der Waals surface area (Å²) in [5, 5.41) is 0. The van der Waals surface area contributed by atoms with Gasteiger partial charge < -0.3 is 9.47 Å². The van der Waals surface area contributed by atoms with Crippen molar-refractivity contribution in [2.24, 2.45) is 5.92 Å². The molecule has 0 N–H and O–H groups in total. The molecule has 82 valence electrons. The van der Waals surface area contributed by atoms with Crippen LogP contribution in [0.2, 0.25) is 0 Å². The number of esters is 1. The summed E-state index contributed by atoms with van der Waals surface area (Å²) < 4.78 is 9.66. The number of hydrogen-bond donors (Lipinski definition) is 0. The Bertz CT molecular complexity index is 217. The molecular formula is C11H20O3. The summed E-state index contributed by atoms with van der Waals surface area (Å²) in [5.74, 6) is 0.247. The van der Waals surface area contributed by atoms with Crippen molar-refractivity contribution in [2.75, 3.05) is 20.8 Å². The van der Waals surface area contributed by atoms with Crippen LogP contribution < -0.4 is 0 Å². The van der Waals surface area contributed by atoms with Crippen LogP contribution in [0, 0.1) is 5.92 Å². The maximum absolute atomic E-state index is 11.4. The van der Waals surface area contributed by atoms with E-state index >= 15 is 0 Å². The Kier molecular flexibility index (Phi) is 6.21. The lowest BCUT2D eigenvalue weighted by Gasteiger charge is -2.11. The lowest BCUT2D eigenvalue weighted by molar-refractivity contribution is -0.136. The number of rotatable bonds is 5. The molecule has 0 fully saturated rings. The Labute approximate surface area is 86.1 Å². The van der Waals surface area contributed by atoms with Gasteiger partial charge in [0.05, 0.1) is 19.3 Å². The van der Waals surface area contributed by atoms with E-state index < -0.39 is 0 Å². The number of carbonyl (C=O) groups is 1. The highest BCUT2D eigenvalue weighted by Gasteiger charge is 2.13. The number of ether oxygens (including phenoxy) is 2. The van der Waals surface area contributed by atoms with Crippen molar-refractivity contribution >= 4 is 5.97 Å². The summed E-state index contributed by atoms with van der Waals surface area (Å²) in [7, 11) is 2.96. The quantitative estimate of drug-likeness (QED) is 0.504. The van der Waals surface area contributed by atoms with Gasteiger partial charge in [-0.25, -0.2) is 4.79 Å². The predicted molar refractivity (Wildman–Crippen MR) is 56.0 cm³/mol. The molecule has 0 aliphatic heterocycles. The molecule has 0 aromatic rings. The fraction of sp³-hybridized carbons (Fsp3) is 0.727. The van der Waals surface area contributed by atoms with E-state index in [4.69, 9.17) is 9.47 Å². The molecule has 0 aliphatic carbocycles. The van der Waals surface area contributed by atoms with Gasteiger partial charge in [-0.15, -0.1) is 0 Å². The Morgan fingerprint density at radius 1 is 1.29 bits per heavy atom. The molecule has 0 heterocycles. The minimum absolute atomic E-state index is 0.287. The van der Waals surface area contributed by atoms with Crippen LogP contribution in [-0.4, -0.2) is 26.8 Å². The molecule has 0 unspecified atom stereocenters. The van der Waals surface area contributed by atoms with Gasteiger partial charge in [0.1, 0.15) is 0 Å². The molecule has 0 aliphatic rings. The molecule has 0 bridgehead atoms. The fourth-order valence-electron chi connectivity index (χ4n) is 1.36. The lowest BCUT2D eigenvalue weighted by atomic mass is 10.00. The highest BCUT2D eigenvalue weighted by molar-refractivity contribution is 5.89. The van der Waals surface area contributed by atoms with Crippen molar-refractivity contribution in [1.82, 2.24) is 0 Å². The van der Waals surface area contributed by atoms with Crippen molar-refractivity contribution < 1.29 is 14.3 Å². The summed E-state index contributed by atoms with van der Waals surface area (Å²) >= 11 is 0. The molecule has 0 radical (unpaired) electrons. The Balaban J connectivity index is 4.66. The molecule has 14 heavy (non-hydrogen) atoms. The molecule has 0 saturated heterocycles. The van der Waals surface area contributed by atoms with E-state index in [0.717, 1.165) is 12.0 Å². The molecule has 0 aromatic carbocycles. The van der Waals surface area contributed by atoms with Crippen molar-refractivity contribution in [3.8, 4) is 0 Å². The second-order valence-corrected chi connectivity index (χ2v) is 3.78. The Morgan fingerprint density at radius 2 is 1.86 bits per heavy atom. The number of hydrogen-bond acceptors (Lipinski definition) is 3. The van der Waals surface area contributed by atoms with Crippen molar-refractivity contribution in [3.05, 3.63) is 11.1 Å². The summed E-state index contributed by atoms with van der Waals surface area (Å²) in [4.78, 5) is 11.4. The second-order valence-electron chi connectivity index (χ2n) is 3.78. The van der Waals surface area contributed by atoms with Crippen LogP contribution >= 0.6 is 0 Å². The van der Waals surface area contributed by atoms with Gasteiger partial charge in [-0.1, -0.05) is 19.4 Å². The lowest BCUT2D eigenvalue weighted by Crippen LogP contribution is -2.12. The van der Waals surface area contributed by atoms with Gasteiger partial charge in [-0.2, -0.15) is 0 Å². The van der Waals surface area contributed by atoms with Gasteiger partial charge in [-0.05, 0) is 19.3 Å². The topological polar surface area (TPSA) is 35.5 Å². The van der Waals surface area contributed by atoms with Crippen molar-refractivity contribution in [1.29, 1.82) is 0 Å². The zero-order chi connectivity index (χ0) is 11.1. The summed E-state index contributed by atoms with van der Waals surface area (Å²) in [5.41, 5.74) is 1.69. The fourth-order valence-corrected chi connectivity index (χ4v) is 1.36. The number of carbonyl (C=O) groups excluding carboxylic acids is 1. The van der Waals surface area contributed by atoms with Gasteiger partial charge in [0, 0.05) is 7.11 Å². The first-order valence-corrected chi connectivity index (χ1v) is 4.78. The first-order chi connectivity index (χ1) is 6.52. The highest BCUT2D eigenvalue weighted by Crippen LogP contribution is 2.15. The number of methoxy groups -OCH3 is 2. The number of allylic oxidation sites excluding steroid dienone is 1. The van der Waals surface area contributed by atoms with Crippen LogP contribution in [0.1, 0.15) is 27.2 Å². The highest BCUT2D eigenvalue weighted by atomic mass is 16.5. The van der Waals surface area contributed by atoms with Crippen molar-refractivity contribution in [3.63, 3.8) is 0 Å². The Morgan fingerprint density at radius 3 is 2.21 bits per heavy atom. The molecule has 0 saturated carbocycles. The van der Waals surface area contributed by atoms with Crippen LogP contribution in [0.3, 0.4) is 0 Å². The molecule has 3 heteroatoms. The SMILES string of the molecule is COCC(C(=O)OC)=C(C)CC(C)C. The van der Waals surface area contributed by atoms with Gasteiger partial charge in [0.25, 0.3) is 0 Å². The largest absolute Gasteiger partial charge is 0.466 e. The third-order valence-electron chi connectivity index (χ3n) is 1.95. The van der Waals surface area contributed by atoms with E-state index in [1.807, 2.05) is 6.92 Å². The smallest absolute Gasteiger partial charge is 0.336 e. The van der Waals surface area contributed by atoms with Gasteiger partial charge in [0.15, 0.2) is 0 Å². The zero-order valence-corrected chi connectivity index (χ0v) is 9.72. The normalized spacial score (nSPS) is 12.7. The Hall–Kier alpha value is -0.830. The summed E-state index contributed by atoms with van der Waals surface area (Å²) in [6, 6.07) is 0. The average Bonchev–Trinajstić information content (AvgIpc) is 2.11. The van der Waals surface area contributed by atoms with Gasteiger partial charge in [0.2, 0.25) is 0 Å². The van der Waals surface area contributed by atoms with E-state index in [2.05, 4.69) is 13.8 Å². The first kappa shape index (κ1) is 13.2. The van der Waals surface area contributed by atoms with E-state index in [-0.39, 0.29) is 5.97 Å². The molecule has 0 amide bonds. The van der Waals surface area contributed by atoms with Gasteiger partial charge in [-0.3, -0.25) is 0 Å². The first-order valence-electron chi connectivity index (χ1n) is 4.78. The van der Waals surface area contributed by atoms with E-state index in [1.54, 1.807) is 7.11 Å². The third kappa shape index (κ3) is 4.42. The summed E-state index contributed by atoms with van der Waals surface area (Å²) in [6.07, 6.45) is 0.897. The van der Waals surface area contributed by atoms with Crippen molar-refractivity contribution in [2.45, 2.75) is 27.2 Å². The van der Waals surface area contributed by atoms with Crippen LogP contribution in [0.4, 0.5) is 0 Å². The molecule has 0 spiro atoms. The molecule has 0 rings (SSSR count). The molecular weight excluding hydrogens is 180 g/mol. The predicted octanol–water partition coefficient (Wildman–Crippen LogP) is 2.17. The minimum atomic E-state index is -0.287. The third-order valence-corrected chi connectivity index (χ3v) is 1.95.